The van der Waals surface area contributed by atoms with Gasteiger partial charge in [-0.2, -0.15) is 5.26 Å². The van der Waals surface area contributed by atoms with Gasteiger partial charge in [-0.15, -0.1) is 0 Å². The van der Waals surface area contributed by atoms with Gasteiger partial charge in [0.2, 0.25) is 0 Å². The third-order valence-electron chi connectivity index (χ3n) is 2.25. The van der Waals surface area contributed by atoms with Gasteiger partial charge in [0.25, 0.3) is 5.91 Å². The van der Waals surface area contributed by atoms with E-state index in [9.17, 15) is 4.79 Å². The quantitative estimate of drug-likeness (QED) is 0.842. The highest BCUT2D eigenvalue weighted by Gasteiger charge is 2.19. The Bertz CT molecular complexity index is 456. The lowest BCUT2D eigenvalue weighted by molar-refractivity contribution is 0.0772. The van der Waals surface area contributed by atoms with Crippen LogP contribution in [0.1, 0.15) is 17.3 Å². The maximum Gasteiger partial charge on any atom is 0.255 e. The van der Waals surface area contributed by atoms with Gasteiger partial charge in [0.15, 0.2) is 0 Å². The number of benzene rings is 1. The summed E-state index contributed by atoms with van der Waals surface area (Å²) >= 11 is 9.06. The minimum Gasteiger partial charge on any atom is -0.326 e. The zero-order chi connectivity index (χ0) is 12.3. The van der Waals surface area contributed by atoms with Gasteiger partial charge in [0.1, 0.15) is 6.04 Å². The average molecular weight is 302 g/mol. The van der Waals surface area contributed by atoms with Crippen LogP contribution < -0.4 is 0 Å². The monoisotopic (exact) mass is 300 g/mol. The Morgan fingerprint density at radius 2 is 2.25 bits per heavy atom. The molecule has 1 aromatic rings. The van der Waals surface area contributed by atoms with Crippen LogP contribution in [0.25, 0.3) is 0 Å². The van der Waals surface area contributed by atoms with Crippen molar-refractivity contribution in [1.29, 1.82) is 5.26 Å². The molecule has 0 aliphatic carbocycles. The molecule has 0 heterocycles. The first-order chi connectivity index (χ1) is 7.47. The molecule has 1 aromatic carbocycles. The number of hydrogen-bond acceptors (Lipinski definition) is 2. The first-order valence-corrected chi connectivity index (χ1v) is 5.76. The van der Waals surface area contributed by atoms with Crippen molar-refractivity contribution in [3.8, 4) is 6.07 Å². The van der Waals surface area contributed by atoms with Crippen molar-refractivity contribution < 1.29 is 4.79 Å². The van der Waals surface area contributed by atoms with Gasteiger partial charge < -0.3 is 4.90 Å². The smallest absolute Gasteiger partial charge is 0.255 e. The lowest BCUT2D eigenvalue weighted by atomic mass is 10.2. The molecule has 1 atom stereocenters. The molecule has 0 saturated carbocycles. The van der Waals surface area contributed by atoms with E-state index in [1.54, 1.807) is 32.2 Å². The van der Waals surface area contributed by atoms with Crippen molar-refractivity contribution in [3.05, 3.63) is 33.3 Å². The fourth-order valence-electron chi connectivity index (χ4n) is 1.12. The minimum absolute atomic E-state index is 0.211. The molecule has 1 unspecified atom stereocenters. The molecule has 1 rings (SSSR count). The van der Waals surface area contributed by atoms with Crippen molar-refractivity contribution in [2.24, 2.45) is 0 Å². The molecule has 0 bridgehead atoms. The summed E-state index contributed by atoms with van der Waals surface area (Å²) in [6.07, 6.45) is 0. The second-order valence-corrected chi connectivity index (χ2v) is 4.64. The SMILES string of the molecule is CC(C#N)N(C)C(=O)c1ccc(Cl)cc1Br. The highest BCUT2D eigenvalue weighted by atomic mass is 79.9. The van der Waals surface area contributed by atoms with Gasteiger partial charge in [-0.25, -0.2) is 0 Å². The molecule has 16 heavy (non-hydrogen) atoms. The van der Waals surface area contributed by atoms with E-state index < -0.39 is 6.04 Å². The van der Waals surface area contributed by atoms with Gasteiger partial charge in [-0.1, -0.05) is 11.6 Å². The van der Waals surface area contributed by atoms with Crippen molar-refractivity contribution >= 4 is 33.4 Å². The van der Waals surface area contributed by atoms with Crippen LogP contribution in [0.4, 0.5) is 0 Å². The first-order valence-electron chi connectivity index (χ1n) is 4.59. The van der Waals surface area contributed by atoms with Crippen LogP contribution in [-0.2, 0) is 0 Å². The second-order valence-electron chi connectivity index (χ2n) is 3.35. The number of nitrogens with zero attached hydrogens (tertiary/aromatic N) is 2. The van der Waals surface area contributed by atoms with E-state index in [4.69, 9.17) is 16.9 Å². The number of carbonyl (C=O) groups is 1. The molecule has 0 fully saturated rings. The Kier molecular flexibility index (Phi) is 4.34. The van der Waals surface area contributed by atoms with E-state index >= 15 is 0 Å². The molecule has 0 spiro atoms. The largest absolute Gasteiger partial charge is 0.326 e. The number of carbonyl (C=O) groups excluding carboxylic acids is 1. The molecule has 0 saturated heterocycles. The summed E-state index contributed by atoms with van der Waals surface area (Å²) in [6.45, 7) is 1.67. The molecule has 0 radical (unpaired) electrons. The molecule has 0 N–H and O–H groups in total. The molecular formula is C11H10BrClN2O. The lowest BCUT2D eigenvalue weighted by Gasteiger charge is -2.20. The average Bonchev–Trinajstić information content (AvgIpc) is 2.26. The van der Waals surface area contributed by atoms with Gasteiger partial charge >= 0.3 is 0 Å². The Balaban J connectivity index is 3.02. The summed E-state index contributed by atoms with van der Waals surface area (Å²) in [4.78, 5) is 13.4. The van der Waals surface area contributed by atoms with E-state index in [1.807, 2.05) is 6.07 Å². The van der Waals surface area contributed by atoms with E-state index in [0.29, 0.717) is 15.1 Å². The third kappa shape index (κ3) is 2.75. The highest BCUT2D eigenvalue weighted by molar-refractivity contribution is 9.10. The second kappa shape index (κ2) is 5.33. The van der Waals surface area contributed by atoms with Crippen LogP contribution in [0.15, 0.2) is 22.7 Å². The number of nitriles is 1. The minimum atomic E-state index is -0.463. The van der Waals surface area contributed by atoms with E-state index in [-0.39, 0.29) is 5.91 Å². The van der Waals surface area contributed by atoms with Crippen molar-refractivity contribution in [1.82, 2.24) is 4.90 Å². The van der Waals surface area contributed by atoms with Crippen molar-refractivity contribution in [2.45, 2.75) is 13.0 Å². The summed E-state index contributed by atoms with van der Waals surface area (Å²) < 4.78 is 0.627. The summed E-state index contributed by atoms with van der Waals surface area (Å²) in [5, 5.41) is 9.29. The molecule has 3 nitrogen and oxygen atoms in total. The maximum absolute atomic E-state index is 12.0. The number of hydrogen-bond donors (Lipinski definition) is 0. The fourth-order valence-corrected chi connectivity index (χ4v) is 1.97. The molecular weight excluding hydrogens is 291 g/mol. The van der Waals surface area contributed by atoms with Gasteiger partial charge in [-0.05, 0) is 41.1 Å². The van der Waals surface area contributed by atoms with Crippen LogP contribution >= 0.6 is 27.5 Å². The molecule has 1 amide bonds. The van der Waals surface area contributed by atoms with Crippen LogP contribution in [0.3, 0.4) is 0 Å². The van der Waals surface area contributed by atoms with Gasteiger partial charge in [0.05, 0.1) is 11.6 Å². The van der Waals surface area contributed by atoms with Crippen LogP contribution in [0.2, 0.25) is 5.02 Å². The number of halogens is 2. The van der Waals surface area contributed by atoms with E-state index in [0.717, 1.165) is 0 Å². The summed E-state index contributed by atoms with van der Waals surface area (Å²) in [5.41, 5.74) is 0.494. The summed E-state index contributed by atoms with van der Waals surface area (Å²) in [6, 6.07) is 6.48. The van der Waals surface area contributed by atoms with Gasteiger partial charge in [-0.3, -0.25) is 4.79 Å². The molecule has 0 aliphatic heterocycles. The normalized spacial score (nSPS) is 11.7. The molecule has 0 aliphatic rings. The Morgan fingerprint density at radius 1 is 1.62 bits per heavy atom. The molecule has 5 heteroatoms. The van der Waals surface area contributed by atoms with Crippen molar-refractivity contribution in [2.75, 3.05) is 7.05 Å². The van der Waals surface area contributed by atoms with Crippen LogP contribution in [0.5, 0.6) is 0 Å². The molecule has 84 valence electrons. The predicted molar refractivity (Wildman–Crippen MR) is 66.3 cm³/mol. The fraction of sp³-hybridized carbons (Fsp3) is 0.273. The van der Waals surface area contributed by atoms with E-state index in [1.165, 1.54) is 4.90 Å². The van der Waals surface area contributed by atoms with E-state index in [2.05, 4.69) is 15.9 Å². The standard InChI is InChI=1S/C11H10BrClN2O/c1-7(6-14)15(2)11(16)9-4-3-8(13)5-10(9)12/h3-5,7H,1-2H3. The predicted octanol–water partition coefficient (Wildman–Crippen LogP) is 3.09. The maximum atomic E-state index is 12.0. The molecule has 0 aromatic heterocycles. The van der Waals surface area contributed by atoms with Gasteiger partial charge in [0, 0.05) is 16.5 Å². The van der Waals surface area contributed by atoms with Crippen LogP contribution in [-0.4, -0.2) is 23.9 Å². The summed E-state index contributed by atoms with van der Waals surface area (Å²) in [7, 11) is 1.59. The lowest BCUT2D eigenvalue weighted by Crippen LogP contribution is -2.34. The zero-order valence-corrected chi connectivity index (χ0v) is 11.2. The Labute approximate surface area is 108 Å². The first kappa shape index (κ1) is 13.0. The Morgan fingerprint density at radius 3 is 2.75 bits per heavy atom. The topological polar surface area (TPSA) is 44.1 Å². The van der Waals surface area contributed by atoms with Crippen LogP contribution in [0, 0.1) is 11.3 Å². The summed E-state index contributed by atoms with van der Waals surface area (Å²) in [5.74, 6) is -0.211. The van der Waals surface area contributed by atoms with Crippen molar-refractivity contribution in [3.63, 3.8) is 0 Å². The number of rotatable bonds is 2. The highest BCUT2D eigenvalue weighted by Crippen LogP contribution is 2.22. The number of amides is 1. The third-order valence-corrected chi connectivity index (χ3v) is 3.14. The Hall–Kier alpha value is -1.05. The zero-order valence-electron chi connectivity index (χ0n) is 8.87.